The maximum Gasteiger partial charge on any atom is 0.241 e. The number of halogens is 1. The Morgan fingerprint density at radius 1 is 1.33 bits per heavy atom. The number of benzene rings is 1. The van der Waals surface area contributed by atoms with Gasteiger partial charge in [0.1, 0.15) is 5.82 Å². The molecule has 1 aliphatic heterocycles. The van der Waals surface area contributed by atoms with E-state index in [1.54, 1.807) is 24.3 Å². The Bertz CT molecular complexity index is 465. The van der Waals surface area contributed by atoms with Crippen molar-refractivity contribution in [2.45, 2.75) is 18.3 Å². The van der Waals surface area contributed by atoms with Crippen molar-refractivity contribution in [3.63, 3.8) is 0 Å². The lowest BCUT2D eigenvalue weighted by Crippen LogP contribution is -2.33. The third-order valence-corrected chi connectivity index (χ3v) is 3.36. The summed E-state index contributed by atoms with van der Waals surface area (Å²) in [6.07, 6.45) is 4.34. The van der Waals surface area contributed by atoms with Crippen LogP contribution in [0.25, 0.3) is 0 Å². The molecule has 1 aliphatic rings. The molecule has 0 unspecified atom stereocenters. The van der Waals surface area contributed by atoms with E-state index in [-0.39, 0.29) is 5.82 Å². The van der Waals surface area contributed by atoms with Crippen molar-refractivity contribution in [3.8, 4) is 0 Å². The van der Waals surface area contributed by atoms with Gasteiger partial charge in [0, 0.05) is 18.6 Å². The van der Waals surface area contributed by atoms with Crippen LogP contribution in [0.3, 0.4) is 0 Å². The monoisotopic (exact) mass is 249 g/mol. The summed E-state index contributed by atoms with van der Waals surface area (Å²) >= 11 is 0. The quantitative estimate of drug-likeness (QED) is 0.832. The third kappa shape index (κ3) is 2.59. The predicted molar refractivity (Wildman–Crippen MR) is 66.5 cm³/mol. The fourth-order valence-electron chi connectivity index (χ4n) is 2.37. The lowest BCUT2D eigenvalue weighted by atomic mass is 9.73. The van der Waals surface area contributed by atoms with E-state index in [4.69, 9.17) is 10.5 Å². The molecule has 1 heterocycles. The van der Waals surface area contributed by atoms with Crippen molar-refractivity contribution in [1.82, 2.24) is 0 Å². The molecular weight excluding hydrogens is 233 g/mol. The van der Waals surface area contributed by atoms with E-state index in [1.807, 2.05) is 0 Å². The van der Waals surface area contributed by atoms with E-state index in [9.17, 15) is 9.18 Å². The number of allylic oxidation sites excluding steroid dienone is 1. The molecule has 1 aromatic carbocycles. The summed E-state index contributed by atoms with van der Waals surface area (Å²) in [5.41, 5.74) is 5.25. The summed E-state index contributed by atoms with van der Waals surface area (Å²) in [7, 11) is 0. The topological polar surface area (TPSA) is 52.3 Å². The maximum absolute atomic E-state index is 14.0. The van der Waals surface area contributed by atoms with Crippen molar-refractivity contribution < 1.29 is 13.9 Å². The van der Waals surface area contributed by atoms with E-state index >= 15 is 0 Å². The SMILES string of the molecule is NC(=O)/C=C\C1(c2ccccc2F)CCOCC1. The molecule has 18 heavy (non-hydrogen) atoms. The molecule has 3 nitrogen and oxygen atoms in total. The second-order valence-corrected chi connectivity index (χ2v) is 4.48. The number of carbonyl (C=O) groups excluding carboxylic acids is 1. The summed E-state index contributed by atoms with van der Waals surface area (Å²) in [6, 6.07) is 6.65. The van der Waals surface area contributed by atoms with Crippen LogP contribution in [0.5, 0.6) is 0 Å². The van der Waals surface area contributed by atoms with E-state index in [2.05, 4.69) is 0 Å². The van der Waals surface area contributed by atoms with Gasteiger partial charge in [0.2, 0.25) is 5.91 Å². The lowest BCUT2D eigenvalue weighted by Gasteiger charge is -2.35. The number of hydrogen-bond donors (Lipinski definition) is 1. The Labute approximate surface area is 105 Å². The number of nitrogens with two attached hydrogens (primary N) is 1. The van der Waals surface area contributed by atoms with Crippen molar-refractivity contribution in [2.24, 2.45) is 5.73 Å². The highest BCUT2D eigenvalue weighted by atomic mass is 19.1. The molecular formula is C14H16FNO2. The average Bonchev–Trinajstić information content (AvgIpc) is 2.38. The molecule has 0 bridgehead atoms. The zero-order chi connectivity index (χ0) is 13.0. The molecule has 0 spiro atoms. The van der Waals surface area contributed by atoms with Crippen molar-refractivity contribution in [2.75, 3.05) is 13.2 Å². The highest BCUT2D eigenvalue weighted by molar-refractivity contribution is 5.86. The van der Waals surface area contributed by atoms with Crippen LogP contribution in [0, 0.1) is 5.82 Å². The normalized spacial score (nSPS) is 18.9. The molecule has 0 aliphatic carbocycles. The Hall–Kier alpha value is -1.68. The molecule has 1 saturated heterocycles. The van der Waals surface area contributed by atoms with Gasteiger partial charge in [0.25, 0.3) is 0 Å². The number of amides is 1. The molecule has 1 amide bonds. The van der Waals surface area contributed by atoms with E-state index in [1.165, 1.54) is 12.1 Å². The first-order valence-corrected chi connectivity index (χ1v) is 5.95. The van der Waals surface area contributed by atoms with E-state index in [0.29, 0.717) is 31.6 Å². The summed E-state index contributed by atoms with van der Waals surface area (Å²) in [4.78, 5) is 10.9. The van der Waals surface area contributed by atoms with E-state index in [0.717, 1.165) is 0 Å². The minimum atomic E-state index is -0.516. The summed E-state index contributed by atoms with van der Waals surface area (Å²) < 4.78 is 19.3. The van der Waals surface area contributed by atoms with Gasteiger partial charge in [-0.05, 0) is 30.5 Å². The molecule has 0 atom stereocenters. The fourth-order valence-corrected chi connectivity index (χ4v) is 2.37. The third-order valence-electron chi connectivity index (χ3n) is 3.36. The molecule has 0 aromatic heterocycles. The minimum Gasteiger partial charge on any atom is -0.381 e. The number of carbonyl (C=O) groups is 1. The first-order chi connectivity index (χ1) is 8.64. The van der Waals surface area contributed by atoms with Crippen LogP contribution in [0.2, 0.25) is 0 Å². The molecule has 2 rings (SSSR count). The summed E-state index contributed by atoms with van der Waals surface area (Å²) in [6.45, 7) is 1.11. The van der Waals surface area contributed by atoms with Crippen LogP contribution in [-0.4, -0.2) is 19.1 Å². The Balaban J connectivity index is 2.41. The zero-order valence-corrected chi connectivity index (χ0v) is 10.1. The highest BCUT2D eigenvalue weighted by Crippen LogP contribution is 2.37. The van der Waals surface area contributed by atoms with Gasteiger partial charge < -0.3 is 10.5 Å². The number of ether oxygens (including phenoxy) is 1. The smallest absolute Gasteiger partial charge is 0.241 e. The van der Waals surface area contributed by atoms with Crippen LogP contribution < -0.4 is 5.73 Å². The molecule has 96 valence electrons. The molecule has 0 saturated carbocycles. The maximum atomic E-state index is 14.0. The molecule has 2 N–H and O–H groups in total. The van der Waals surface area contributed by atoms with Gasteiger partial charge in [-0.1, -0.05) is 24.3 Å². The summed E-state index contributed by atoms with van der Waals surface area (Å²) in [5.74, 6) is -0.772. The van der Waals surface area contributed by atoms with Gasteiger partial charge in [-0.15, -0.1) is 0 Å². The lowest BCUT2D eigenvalue weighted by molar-refractivity contribution is -0.113. The first-order valence-electron chi connectivity index (χ1n) is 5.95. The average molecular weight is 249 g/mol. The predicted octanol–water partition coefficient (Wildman–Crippen LogP) is 1.92. The van der Waals surface area contributed by atoms with Gasteiger partial charge in [0.15, 0.2) is 0 Å². The summed E-state index contributed by atoms with van der Waals surface area (Å²) in [5, 5.41) is 0. The molecule has 1 aromatic rings. The van der Waals surface area contributed by atoms with Crippen LogP contribution in [-0.2, 0) is 14.9 Å². The Kier molecular flexibility index (Phi) is 3.77. The fraction of sp³-hybridized carbons (Fsp3) is 0.357. The van der Waals surface area contributed by atoms with Gasteiger partial charge in [-0.2, -0.15) is 0 Å². The molecule has 1 fully saturated rings. The highest BCUT2D eigenvalue weighted by Gasteiger charge is 2.34. The van der Waals surface area contributed by atoms with Crippen LogP contribution in [0.1, 0.15) is 18.4 Å². The zero-order valence-electron chi connectivity index (χ0n) is 10.1. The standard InChI is InChI=1S/C14H16FNO2/c15-12-4-2-1-3-11(12)14(6-5-13(16)17)7-9-18-10-8-14/h1-6H,7-10H2,(H2,16,17)/b6-5-. The number of rotatable bonds is 3. The second kappa shape index (κ2) is 5.31. The van der Waals surface area contributed by atoms with Crippen molar-refractivity contribution >= 4 is 5.91 Å². The van der Waals surface area contributed by atoms with Gasteiger partial charge >= 0.3 is 0 Å². The Morgan fingerprint density at radius 3 is 2.61 bits per heavy atom. The number of hydrogen-bond acceptors (Lipinski definition) is 2. The van der Waals surface area contributed by atoms with Crippen LogP contribution >= 0.6 is 0 Å². The van der Waals surface area contributed by atoms with Gasteiger partial charge in [0.05, 0.1) is 0 Å². The Morgan fingerprint density at radius 2 is 2.00 bits per heavy atom. The minimum absolute atomic E-state index is 0.256. The number of primary amides is 1. The van der Waals surface area contributed by atoms with Crippen molar-refractivity contribution in [1.29, 1.82) is 0 Å². The second-order valence-electron chi connectivity index (χ2n) is 4.48. The van der Waals surface area contributed by atoms with Crippen molar-refractivity contribution in [3.05, 3.63) is 47.8 Å². The molecule has 0 radical (unpaired) electrons. The van der Waals surface area contributed by atoms with Crippen LogP contribution in [0.15, 0.2) is 36.4 Å². The molecule has 4 heteroatoms. The van der Waals surface area contributed by atoms with Crippen LogP contribution in [0.4, 0.5) is 4.39 Å². The largest absolute Gasteiger partial charge is 0.381 e. The first kappa shape index (κ1) is 12.8. The van der Waals surface area contributed by atoms with E-state index < -0.39 is 11.3 Å². The van der Waals surface area contributed by atoms with Gasteiger partial charge in [-0.3, -0.25) is 4.79 Å². The van der Waals surface area contributed by atoms with Gasteiger partial charge in [-0.25, -0.2) is 4.39 Å².